The molecule has 0 aliphatic carbocycles. The van der Waals surface area contributed by atoms with Gasteiger partial charge in [-0.1, -0.05) is 45.7 Å². The van der Waals surface area contributed by atoms with E-state index >= 15 is 0 Å². The predicted molar refractivity (Wildman–Crippen MR) is 97.5 cm³/mol. The summed E-state index contributed by atoms with van der Waals surface area (Å²) in [5.41, 5.74) is 3.33. The van der Waals surface area contributed by atoms with Gasteiger partial charge >= 0.3 is 0 Å². The Morgan fingerprint density at radius 3 is 2.86 bits per heavy atom. The van der Waals surface area contributed by atoms with Gasteiger partial charge in [-0.25, -0.2) is 0 Å². The van der Waals surface area contributed by atoms with Gasteiger partial charge in [0.05, 0.1) is 10.7 Å². The van der Waals surface area contributed by atoms with E-state index in [1.807, 2.05) is 24.3 Å². The van der Waals surface area contributed by atoms with Gasteiger partial charge in [-0.15, -0.1) is 0 Å². The quantitative estimate of drug-likeness (QED) is 0.679. The van der Waals surface area contributed by atoms with E-state index in [0.717, 1.165) is 16.6 Å². The van der Waals surface area contributed by atoms with Crippen LogP contribution in [-0.4, -0.2) is 11.2 Å². The molecule has 21 heavy (non-hydrogen) atoms. The van der Waals surface area contributed by atoms with Crippen LogP contribution in [0.2, 0.25) is 5.02 Å². The van der Waals surface area contributed by atoms with E-state index in [2.05, 4.69) is 51.3 Å². The normalized spacial score (nSPS) is 16.7. The molecule has 108 valence electrons. The molecular weight excluding hydrogens is 368 g/mol. The number of benzene rings is 2. The third kappa shape index (κ3) is 2.93. The summed E-state index contributed by atoms with van der Waals surface area (Å²) in [6.45, 7) is 2.18. The number of anilines is 2. The standard InChI is InChI=1S/C16H14BrClN2S/c1-10-8-11-4-2-3-5-15(11)20(10)16(21)19-14-7-6-12(17)9-13(14)18/h2-7,9-10H,8H2,1H3,(H,19,21). The number of nitrogens with zero attached hydrogens (tertiary/aromatic N) is 1. The Balaban J connectivity index is 1.86. The molecule has 0 saturated heterocycles. The summed E-state index contributed by atoms with van der Waals surface area (Å²) in [6, 6.07) is 14.4. The lowest BCUT2D eigenvalue weighted by atomic mass is 10.1. The Morgan fingerprint density at radius 1 is 1.33 bits per heavy atom. The number of hydrogen-bond acceptors (Lipinski definition) is 1. The first-order chi connectivity index (χ1) is 10.1. The second kappa shape index (κ2) is 5.95. The fourth-order valence-electron chi connectivity index (χ4n) is 2.64. The number of nitrogens with one attached hydrogen (secondary N) is 1. The summed E-state index contributed by atoms with van der Waals surface area (Å²) in [4.78, 5) is 2.16. The van der Waals surface area contributed by atoms with Crippen LogP contribution in [0.15, 0.2) is 46.9 Å². The molecule has 0 bridgehead atoms. The fourth-order valence-corrected chi connectivity index (χ4v) is 3.75. The van der Waals surface area contributed by atoms with E-state index in [-0.39, 0.29) is 0 Å². The highest BCUT2D eigenvalue weighted by Crippen LogP contribution is 2.33. The molecule has 1 atom stereocenters. The van der Waals surface area contributed by atoms with Gasteiger partial charge in [-0.3, -0.25) is 0 Å². The number of fused-ring (bicyclic) bond motifs is 1. The lowest BCUT2D eigenvalue weighted by molar-refractivity contribution is 0.776. The lowest BCUT2D eigenvalue weighted by Crippen LogP contribution is -2.38. The van der Waals surface area contributed by atoms with E-state index in [9.17, 15) is 0 Å². The first kappa shape index (κ1) is 14.8. The van der Waals surface area contributed by atoms with Crippen LogP contribution in [0.25, 0.3) is 0 Å². The van der Waals surface area contributed by atoms with Gasteiger partial charge in [0, 0.05) is 16.2 Å². The summed E-state index contributed by atoms with van der Waals surface area (Å²) in [7, 11) is 0. The Hall–Kier alpha value is -1.10. The number of halogens is 2. The molecule has 0 saturated carbocycles. The van der Waals surface area contributed by atoms with Gasteiger partial charge in [-0.2, -0.15) is 0 Å². The lowest BCUT2D eigenvalue weighted by Gasteiger charge is -2.26. The average molecular weight is 382 g/mol. The van der Waals surface area contributed by atoms with Crippen LogP contribution in [0.5, 0.6) is 0 Å². The zero-order valence-electron chi connectivity index (χ0n) is 11.4. The molecule has 5 heteroatoms. The maximum absolute atomic E-state index is 6.25. The molecule has 2 aromatic rings. The highest BCUT2D eigenvalue weighted by atomic mass is 79.9. The average Bonchev–Trinajstić information content (AvgIpc) is 2.77. The smallest absolute Gasteiger partial charge is 0.178 e. The van der Waals surface area contributed by atoms with E-state index < -0.39 is 0 Å². The van der Waals surface area contributed by atoms with E-state index in [4.69, 9.17) is 23.8 Å². The monoisotopic (exact) mass is 380 g/mol. The van der Waals surface area contributed by atoms with Crippen molar-refractivity contribution in [2.24, 2.45) is 0 Å². The molecule has 0 aromatic heterocycles. The second-order valence-electron chi connectivity index (χ2n) is 5.11. The van der Waals surface area contributed by atoms with Crippen LogP contribution in [0, 0.1) is 0 Å². The summed E-state index contributed by atoms with van der Waals surface area (Å²) in [6.07, 6.45) is 1.01. The van der Waals surface area contributed by atoms with Crippen molar-refractivity contribution in [3.8, 4) is 0 Å². The highest BCUT2D eigenvalue weighted by Gasteiger charge is 2.28. The number of para-hydroxylation sites is 1. The third-order valence-corrected chi connectivity index (χ3v) is 4.70. The van der Waals surface area contributed by atoms with Crippen LogP contribution in [-0.2, 0) is 6.42 Å². The summed E-state index contributed by atoms with van der Waals surface area (Å²) >= 11 is 15.2. The molecule has 0 amide bonds. The van der Waals surface area contributed by atoms with Crippen molar-refractivity contribution in [2.45, 2.75) is 19.4 Å². The SMILES string of the molecule is CC1Cc2ccccc2N1C(=S)Nc1ccc(Br)cc1Cl. The molecule has 1 N–H and O–H groups in total. The van der Waals surface area contributed by atoms with Gasteiger partial charge < -0.3 is 10.2 Å². The zero-order chi connectivity index (χ0) is 15.0. The first-order valence-electron chi connectivity index (χ1n) is 6.69. The number of thiocarbonyl (C=S) groups is 1. The van der Waals surface area contributed by atoms with Crippen LogP contribution in [0.3, 0.4) is 0 Å². The minimum Gasteiger partial charge on any atom is -0.331 e. The molecule has 1 aliphatic rings. The summed E-state index contributed by atoms with van der Waals surface area (Å²) in [5, 5.41) is 4.58. The van der Waals surface area contributed by atoms with Gasteiger partial charge in [0.15, 0.2) is 5.11 Å². The predicted octanol–water partition coefficient (Wildman–Crippen LogP) is 5.25. The molecule has 2 aromatic carbocycles. The van der Waals surface area contributed by atoms with Crippen molar-refractivity contribution < 1.29 is 0 Å². The van der Waals surface area contributed by atoms with E-state index in [1.165, 1.54) is 11.3 Å². The zero-order valence-corrected chi connectivity index (χ0v) is 14.6. The molecule has 1 heterocycles. The van der Waals surface area contributed by atoms with Crippen molar-refractivity contribution >= 4 is 56.2 Å². The molecule has 0 fully saturated rings. The Bertz CT molecular complexity index is 704. The highest BCUT2D eigenvalue weighted by molar-refractivity contribution is 9.10. The third-order valence-electron chi connectivity index (χ3n) is 3.60. The molecule has 1 unspecified atom stereocenters. The topological polar surface area (TPSA) is 15.3 Å². The molecule has 0 radical (unpaired) electrons. The van der Waals surface area contributed by atoms with Crippen molar-refractivity contribution in [1.29, 1.82) is 0 Å². The Kier molecular flexibility index (Phi) is 4.20. The molecule has 2 nitrogen and oxygen atoms in total. The van der Waals surface area contributed by atoms with Gasteiger partial charge in [0.1, 0.15) is 0 Å². The van der Waals surface area contributed by atoms with E-state index in [0.29, 0.717) is 16.2 Å². The minimum atomic E-state index is 0.344. The van der Waals surface area contributed by atoms with Crippen LogP contribution >= 0.6 is 39.7 Å². The summed E-state index contributed by atoms with van der Waals surface area (Å²) < 4.78 is 0.948. The van der Waals surface area contributed by atoms with Crippen molar-refractivity contribution in [3.63, 3.8) is 0 Å². The van der Waals surface area contributed by atoms with Crippen molar-refractivity contribution in [1.82, 2.24) is 0 Å². The van der Waals surface area contributed by atoms with Crippen LogP contribution in [0.1, 0.15) is 12.5 Å². The van der Waals surface area contributed by atoms with Gasteiger partial charge in [-0.05, 0) is 55.4 Å². The molecule has 0 spiro atoms. The molecule has 1 aliphatic heterocycles. The second-order valence-corrected chi connectivity index (χ2v) is 6.82. The largest absolute Gasteiger partial charge is 0.331 e. The maximum atomic E-state index is 6.25. The maximum Gasteiger partial charge on any atom is 0.178 e. The Morgan fingerprint density at radius 2 is 2.10 bits per heavy atom. The van der Waals surface area contributed by atoms with Crippen molar-refractivity contribution in [3.05, 3.63) is 57.5 Å². The first-order valence-corrected chi connectivity index (χ1v) is 8.27. The molecular formula is C16H14BrClN2S. The van der Waals surface area contributed by atoms with Gasteiger partial charge in [0.25, 0.3) is 0 Å². The summed E-state index contributed by atoms with van der Waals surface area (Å²) in [5.74, 6) is 0. The van der Waals surface area contributed by atoms with E-state index in [1.54, 1.807) is 0 Å². The minimum absolute atomic E-state index is 0.344. The number of rotatable bonds is 1. The Labute approximate surface area is 143 Å². The van der Waals surface area contributed by atoms with Crippen molar-refractivity contribution in [2.75, 3.05) is 10.2 Å². The molecule has 3 rings (SSSR count). The van der Waals surface area contributed by atoms with Gasteiger partial charge in [0.2, 0.25) is 0 Å². The van der Waals surface area contributed by atoms with Crippen LogP contribution < -0.4 is 10.2 Å². The fraction of sp³-hybridized carbons (Fsp3) is 0.188. The number of hydrogen-bond donors (Lipinski definition) is 1. The van der Waals surface area contributed by atoms with Crippen LogP contribution in [0.4, 0.5) is 11.4 Å².